The van der Waals surface area contributed by atoms with E-state index in [9.17, 15) is 15.0 Å². The second-order valence-corrected chi connectivity index (χ2v) is 7.14. The molecule has 0 aliphatic rings. The van der Waals surface area contributed by atoms with Crippen LogP contribution in [0.3, 0.4) is 0 Å². The highest BCUT2D eigenvalue weighted by Crippen LogP contribution is 2.31. The number of ether oxygens (including phenoxy) is 1. The minimum Gasteiger partial charge on any atom is -0.481 e. The Morgan fingerprint density at radius 2 is 1.75 bits per heavy atom. The van der Waals surface area contributed by atoms with Crippen molar-refractivity contribution in [2.24, 2.45) is 0 Å². The summed E-state index contributed by atoms with van der Waals surface area (Å²) in [4.78, 5) is 11.4. The molecule has 0 radical (unpaired) electrons. The topological polar surface area (TPSA) is 105 Å². The number of nitrogens with two attached hydrogens (primary N) is 1. The zero-order valence-electron chi connectivity index (χ0n) is 15.3. The maximum Gasteiger partial charge on any atom is 0.311 e. The number of carboxylic acids is 1. The first-order valence-electron chi connectivity index (χ1n) is 8.88. The number of rotatable bonds is 11. The fourth-order valence-electron chi connectivity index (χ4n) is 2.72. The monoisotopic (exact) mass is 426 g/mol. The first-order chi connectivity index (χ1) is 13.4. The molecular weight excluding hydrogens is 403 g/mol. The molecule has 152 valence electrons. The quantitative estimate of drug-likeness (QED) is 0.323. The summed E-state index contributed by atoms with van der Waals surface area (Å²) in [5.41, 5.74) is 7.31. The van der Waals surface area contributed by atoms with Crippen molar-refractivity contribution in [3.63, 3.8) is 0 Å². The third kappa shape index (κ3) is 6.65. The van der Waals surface area contributed by atoms with E-state index in [0.29, 0.717) is 48.3 Å². The second kappa shape index (κ2) is 11.2. The van der Waals surface area contributed by atoms with E-state index in [-0.39, 0.29) is 5.69 Å². The van der Waals surface area contributed by atoms with E-state index in [1.54, 1.807) is 24.3 Å². The Morgan fingerprint density at radius 3 is 2.36 bits per heavy atom. The van der Waals surface area contributed by atoms with Gasteiger partial charge in [-0.1, -0.05) is 53.5 Å². The van der Waals surface area contributed by atoms with Crippen molar-refractivity contribution in [1.29, 1.82) is 0 Å². The number of anilines is 1. The highest BCUT2D eigenvalue weighted by Gasteiger charge is 2.19. The number of hydrogen-bond acceptors (Lipinski definition) is 5. The van der Waals surface area contributed by atoms with E-state index in [4.69, 9.17) is 33.7 Å². The van der Waals surface area contributed by atoms with Crippen LogP contribution in [0.4, 0.5) is 5.69 Å². The molecule has 5 N–H and O–H groups in total. The van der Waals surface area contributed by atoms with Crippen LogP contribution in [0.1, 0.15) is 29.6 Å². The van der Waals surface area contributed by atoms with E-state index in [1.165, 1.54) is 0 Å². The predicted octanol–water partition coefficient (Wildman–Crippen LogP) is 3.47. The number of benzene rings is 2. The van der Waals surface area contributed by atoms with E-state index < -0.39 is 18.0 Å². The Hall–Kier alpha value is -1.83. The molecule has 0 saturated carbocycles. The number of aliphatic carboxylic acids is 1. The van der Waals surface area contributed by atoms with Crippen LogP contribution in [-0.2, 0) is 9.53 Å². The van der Waals surface area contributed by atoms with Crippen molar-refractivity contribution in [1.82, 2.24) is 5.32 Å². The fourth-order valence-corrected chi connectivity index (χ4v) is 3.22. The number of nitrogens with one attached hydrogen (secondary N) is 1. The molecule has 0 fully saturated rings. The van der Waals surface area contributed by atoms with Crippen molar-refractivity contribution in [2.75, 3.05) is 32.0 Å². The van der Waals surface area contributed by atoms with Crippen LogP contribution in [-0.4, -0.2) is 42.5 Å². The van der Waals surface area contributed by atoms with Gasteiger partial charge in [-0.05, 0) is 29.7 Å². The van der Waals surface area contributed by atoms with Crippen molar-refractivity contribution >= 4 is 34.9 Å². The van der Waals surface area contributed by atoms with Gasteiger partial charge in [-0.15, -0.1) is 0 Å². The first-order valence-corrected chi connectivity index (χ1v) is 9.64. The molecule has 0 aromatic heterocycles. The summed E-state index contributed by atoms with van der Waals surface area (Å²) < 4.78 is 5.51. The molecule has 6 nitrogen and oxygen atoms in total. The number of aliphatic hydroxyl groups is 1. The Morgan fingerprint density at radius 1 is 1.11 bits per heavy atom. The molecule has 28 heavy (non-hydrogen) atoms. The molecule has 2 unspecified atom stereocenters. The van der Waals surface area contributed by atoms with Crippen molar-refractivity contribution in [3.8, 4) is 0 Å². The van der Waals surface area contributed by atoms with Gasteiger partial charge in [0.05, 0.1) is 34.4 Å². The average Bonchev–Trinajstić information content (AvgIpc) is 2.68. The van der Waals surface area contributed by atoms with Crippen LogP contribution >= 0.6 is 23.2 Å². The van der Waals surface area contributed by atoms with Gasteiger partial charge < -0.3 is 26.0 Å². The van der Waals surface area contributed by atoms with Gasteiger partial charge in [0.1, 0.15) is 0 Å². The lowest BCUT2D eigenvalue weighted by molar-refractivity contribution is -0.139. The lowest BCUT2D eigenvalue weighted by Crippen LogP contribution is -2.25. The van der Waals surface area contributed by atoms with E-state index in [2.05, 4.69) is 5.32 Å². The maximum absolute atomic E-state index is 11.4. The van der Waals surface area contributed by atoms with Gasteiger partial charge in [0.25, 0.3) is 0 Å². The number of aliphatic hydroxyl groups excluding tert-OH is 1. The van der Waals surface area contributed by atoms with E-state index >= 15 is 0 Å². The van der Waals surface area contributed by atoms with Crippen molar-refractivity contribution < 1.29 is 19.7 Å². The van der Waals surface area contributed by atoms with Crippen molar-refractivity contribution in [3.05, 3.63) is 63.6 Å². The normalized spacial score (nSPS) is 13.2. The van der Waals surface area contributed by atoms with Crippen LogP contribution < -0.4 is 11.1 Å². The SMILES string of the molecule is Nc1c(Cl)cc(C(O)CNCCOCCC(C(=O)O)c2ccccc2)cc1Cl. The minimum absolute atomic E-state index is 0.288. The van der Waals surface area contributed by atoms with Gasteiger partial charge >= 0.3 is 5.97 Å². The minimum atomic E-state index is -0.864. The number of carboxylic acid groups (broad SMARTS) is 1. The fraction of sp³-hybridized carbons (Fsp3) is 0.350. The average molecular weight is 427 g/mol. The van der Waals surface area contributed by atoms with Gasteiger partial charge in [0, 0.05) is 19.7 Å². The van der Waals surface area contributed by atoms with Gasteiger partial charge in [-0.3, -0.25) is 4.79 Å². The number of nitrogen functional groups attached to an aromatic ring is 1. The van der Waals surface area contributed by atoms with E-state index in [0.717, 1.165) is 5.56 Å². The largest absolute Gasteiger partial charge is 0.481 e. The molecule has 2 atom stereocenters. The van der Waals surface area contributed by atoms with Crippen LogP contribution in [0.2, 0.25) is 10.0 Å². The maximum atomic E-state index is 11.4. The summed E-state index contributed by atoms with van der Waals surface area (Å²) >= 11 is 11.9. The lowest BCUT2D eigenvalue weighted by atomic mass is 9.96. The van der Waals surface area contributed by atoms with Crippen molar-refractivity contribution in [2.45, 2.75) is 18.4 Å². The molecule has 0 amide bonds. The summed E-state index contributed by atoms with van der Waals surface area (Å²) in [6.07, 6.45) is -0.394. The third-order valence-corrected chi connectivity index (χ3v) is 4.92. The second-order valence-electron chi connectivity index (χ2n) is 6.32. The standard InChI is InChI=1S/C20H24Cl2N2O4/c21-16-10-14(11-17(22)19(16)23)18(25)12-24-7-9-28-8-6-15(20(26)27)13-4-2-1-3-5-13/h1-5,10-11,15,18,24-25H,6-9,12,23H2,(H,26,27). The van der Waals surface area contributed by atoms with Gasteiger partial charge in [-0.2, -0.15) is 0 Å². The Bertz CT molecular complexity index is 751. The van der Waals surface area contributed by atoms with E-state index in [1.807, 2.05) is 18.2 Å². The van der Waals surface area contributed by atoms with Gasteiger partial charge in [-0.25, -0.2) is 0 Å². The lowest BCUT2D eigenvalue weighted by Gasteiger charge is -2.15. The predicted molar refractivity (Wildman–Crippen MR) is 111 cm³/mol. The molecule has 0 bridgehead atoms. The Labute approximate surface area is 174 Å². The molecule has 0 saturated heterocycles. The molecule has 2 aromatic carbocycles. The molecule has 2 aromatic rings. The Kier molecular flexibility index (Phi) is 9.02. The highest BCUT2D eigenvalue weighted by molar-refractivity contribution is 6.38. The summed E-state index contributed by atoms with van der Waals surface area (Å²) in [5.74, 6) is -1.45. The number of hydrogen-bond donors (Lipinski definition) is 4. The molecule has 8 heteroatoms. The summed E-state index contributed by atoms with van der Waals surface area (Å²) in [6.45, 7) is 1.54. The van der Waals surface area contributed by atoms with Crippen LogP contribution in [0.5, 0.6) is 0 Å². The molecule has 0 aliphatic heterocycles. The van der Waals surface area contributed by atoms with Crippen LogP contribution in [0.25, 0.3) is 0 Å². The zero-order chi connectivity index (χ0) is 20.5. The van der Waals surface area contributed by atoms with Crippen LogP contribution in [0, 0.1) is 0 Å². The molecule has 0 aliphatic carbocycles. The number of halogens is 2. The van der Waals surface area contributed by atoms with Gasteiger partial charge in [0.15, 0.2) is 0 Å². The molecule has 0 heterocycles. The zero-order valence-corrected chi connectivity index (χ0v) is 16.8. The Balaban J connectivity index is 1.67. The number of carbonyl (C=O) groups is 1. The van der Waals surface area contributed by atoms with Crippen LogP contribution in [0.15, 0.2) is 42.5 Å². The highest BCUT2D eigenvalue weighted by atomic mass is 35.5. The molecule has 2 rings (SSSR count). The smallest absolute Gasteiger partial charge is 0.311 e. The molecular formula is C20H24Cl2N2O4. The molecule has 0 spiro atoms. The summed E-state index contributed by atoms with van der Waals surface area (Å²) in [6, 6.07) is 12.3. The van der Waals surface area contributed by atoms with Gasteiger partial charge in [0.2, 0.25) is 0 Å². The summed E-state index contributed by atoms with van der Waals surface area (Å²) in [7, 11) is 0. The third-order valence-electron chi connectivity index (χ3n) is 4.30. The summed E-state index contributed by atoms with van der Waals surface area (Å²) in [5, 5.41) is 23.2. The first kappa shape index (κ1) is 22.5.